The van der Waals surface area contributed by atoms with Crippen molar-refractivity contribution in [1.82, 2.24) is 9.97 Å². The molecule has 0 aliphatic heterocycles. The van der Waals surface area contributed by atoms with E-state index in [0.717, 1.165) is 18.3 Å². The van der Waals surface area contributed by atoms with Gasteiger partial charge in [-0.25, -0.2) is 4.98 Å². The Morgan fingerprint density at radius 1 is 1.19 bits per heavy atom. The lowest BCUT2D eigenvalue weighted by molar-refractivity contribution is 0.329. The zero-order chi connectivity index (χ0) is 14.5. The van der Waals surface area contributed by atoms with E-state index in [2.05, 4.69) is 22.1 Å². The summed E-state index contributed by atoms with van der Waals surface area (Å²) in [6.45, 7) is 0. The van der Waals surface area contributed by atoms with Crippen molar-refractivity contribution >= 4 is 0 Å². The highest BCUT2D eigenvalue weighted by Crippen LogP contribution is 2.39. The Labute approximate surface area is 128 Å². The van der Waals surface area contributed by atoms with E-state index in [9.17, 15) is 0 Å². The van der Waals surface area contributed by atoms with Gasteiger partial charge in [0.2, 0.25) is 0 Å². The second-order valence-electron chi connectivity index (χ2n) is 7.05. The maximum Gasteiger partial charge on any atom is 0.0923 e. The second kappa shape index (κ2) is 7.26. The molecule has 0 amide bonds. The molecule has 2 saturated carbocycles. The zero-order valence-corrected chi connectivity index (χ0v) is 13.0. The van der Waals surface area contributed by atoms with Crippen molar-refractivity contribution in [3.8, 4) is 0 Å². The molecule has 3 heteroatoms. The maximum absolute atomic E-state index is 6.34. The van der Waals surface area contributed by atoms with Gasteiger partial charge in [-0.2, -0.15) is 0 Å². The van der Waals surface area contributed by atoms with E-state index >= 15 is 0 Å². The molecule has 0 saturated heterocycles. The molecule has 116 valence electrons. The third-order valence-corrected chi connectivity index (χ3v) is 5.16. The molecule has 1 aromatic heterocycles. The molecule has 1 aromatic rings. The van der Waals surface area contributed by atoms with Crippen LogP contribution in [0.1, 0.15) is 57.1 Å². The molecule has 2 aliphatic carbocycles. The molecule has 0 bridgehead atoms. The van der Waals surface area contributed by atoms with Gasteiger partial charge < -0.3 is 10.7 Å². The third kappa shape index (κ3) is 4.70. The maximum atomic E-state index is 6.34. The van der Waals surface area contributed by atoms with Crippen LogP contribution in [0.25, 0.3) is 0 Å². The molecule has 2 atom stereocenters. The molecule has 0 radical (unpaired) electrons. The van der Waals surface area contributed by atoms with Crippen molar-refractivity contribution in [3.63, 3.8) is 0 Å². The van der Waals surface area contributed by atoms with Crippen LogP contribution in [-0.2, 0) is 6.42 Å². The van der Waals surface area contributed by atoms with Gasteiger partial charge in [-0.05, 0) is 43.4 Å². The van der Waals surface area contributed by atoms with Crippen LogP contribution >= 0.6 is 0 Å². The van der Waals surface area contributed by atoms with Gasteiger partial charge in [0.1, 0.15) is 0 Å². The fraction of sp³-hybridized carbons (Fsp3) is 0.722. The van der Waals surface area contributed by atoms with E-state index in [1.807, 2.05) is 6.20 Å². The lowest BCUT2D eigenvalue weighted by atomic mass is 9.84. The summed E-state index contributed by atoms with van der Waals surface area (Å²) in [5.41, 5.74) is 7.52. The van der Waals surface area contributed by atoms with Crippen molar-refractivity contribution in [1.29, 1.82) is 0 Å². The average molecular weight is 287 g/mol. The summed E-state index contributed by atoms with van der Waals surface area (Å²) in [5, 5.41) is 0. The van der Waals surface area contributed by atoms with Gasteiger partial charge in [0.25, 0.3) is 0 Å². The molecule has 2 fully saturated rings. The number of nitrogens with zero attached hydrogens (tertiary/aromatic N) is 1. The highest BCUT2D eigenvalue weighted by Gasteiger charge is 2.30. The van der Waals surface area contributed by atoms with Crippen LogP contribution in [0.15, 0.2) is 24.7 Å². The van der Waals surface area contributed by atoms with Crippen LogP contribution in [-0.4, -0.2) is 16.0 Å². The highest BCUT2D eigenvalue weighted by molar-refractivity contribution is 5.06. The van der Waals surface area contributed by atoms with E-state index in [1.54, 1.807) is 6.33 Å². The van der Waals surface area contributed by atoms with E-state index in [0.29, 0.717) is 5.92 Å². The standard InChI is InChI=1S/C18H29N3/c19-17(10-14-4-2-1-3-5-14)9-8-16(15-6-7-15)11-18-12-20-13-21-18/h8-9,12-17H,1-7,10-11,19H2,(H,20,21)/b9-8+/t16-,17-/m1/s1. The summed E-state index contributed by atoms with van der Waals surface area (Å²) in [6.07, 6.45) is 20.5. The van der Waals surface area contributed by atoms with Crippen molar-refractivity contribution in [2.24, 2.45) is 23.5 Å². The van der Waals surface area contributed by atoms with Gasteiger partial charge in [-0.3, -0.25) is 0 Å². The van der Waals surface area contributed by atoms with Crippen LogP contribution in [0, 0.1) is 17.8 Å². The minimum atomic E-state index is 0.244. The van der Waals surface area contributed by atoms with Crippen LogP contribution in [0.2, 0.25) is 0 Å². The molecular formula is C18H29N3. The first-order valence-electron chi connectivity index (χ1n) is 8.73. The number of H-pyrrole nitrogens is 1. The molecule has 2 aliphatic rings. The Hall–Kier alpha value is -1.09. The minimum Gasteiger partial charge on any atom is -0.351 e. The normalized spacial score (nSPS) is 23.5. The first-order valence-corrected chi connectivity index (χ1v) is 8.73. The molecule has 0 unspecified atom stereocenters. The van der Waals surface area contributed by atoms with Gasteiger partial charge in [0, 0.05) is 12.2 Å². The van der Waals surface area contributed by atoms with Crippen LogP contribution < -0.4 is 5.73 Å². The summed E-state index contributed by atoms with van der Waals surface area (Å²) in [4.78, 5) is 7.42. The molecule has 3 rings (SSSR count). The molecule has 21 heavy (non-hydrogen) atoms. The molecule has 0 aromatic carbocycles. The van der Waals surface area contributed by atoms with Gasteiger partial charge in [-0.15, -0.1) is 0 Å². The molecule has 3 nitrogen and oxygen atoms in total. The number of aromatic nitrogens is 2. The Morgan fingerprint density at radius 3 is 2.67 bits per heavy atom. The third-order valence-electron chi connectivity index (χ3n) is 5.16. The number of nitrogens with one attached hydrogen (secondary N) is 1. The summed E-state index contributed by atoms with van der Waals surface area (Å²) >= 11 is 0. The number of nitrogens with two attached hydrogens (primary N) is 1. The largest absolute Gasteiger partial charge is 0.351 e. The molecule has 3 N–H and O–H groups in total. The Bertz CT molecular complexity index is 427. The number of allylic oxidation sites excluding steroid dienone is 1. The first-order chi connectivity index (χ1) is 10.3. The predicted molar refractivity (Wildman–Crippen MR) is 86.8 cm³/mol. The van der Waals surface area contributed by atoms with Gasteiger partial charge in [0.05, 0.1) is 12.0 Å². The van der Waals surface area contributed by atoms with Gasteiger partial charge in [-0.1, -0.05) is 44.3 Å². The number of aromatic amines is 1. The minimum absolute atomic E-state index is 0.244. The topological polar surface area (TPSA) is 54.7 Å². The quantitative estimate of drug-likeness (QED) is 0.749. The van der Waals surface area contributed by atoms with E-state index in [-0.39, 0.29) is 6.04 Å². The second-order valence-corrected chi connectivity index (χ2v) is 7.05. The SMILES string of the molecule is N[C@H](/C=C/[C@H](Cc1c[nH]cn1)C1CC1)CC1CCCCC1. The Balaban J connectivity index is 1.49. The Morgan fingerprint density at radius 2 is 2.00 bits per heavy atom. The van der Waals surface area contributed by atoms with Crippen LogP contribution in [0.5, 0.6) is 0 Å². The van der Waals surface area contributed by atoms with E-state index in [4.69, 9.17) is 5.73 Å². The number of hydrogen-bond acceptors (Lipinski definition) is 2. The number of rotatable bonds is 7. The molecule has 0 spiro atoms. The van der Waals surface area contributed by atoms with Crippen LogP contribution in [0.4, 0.5) is 0 Å². The molecular weight excluding hydrogens is 258 g/mol. The van der Waals surface area contributed by atoms with E-state index in [1.165, 1.54) is 57.1 Å². The summed E-state index contributed by atoms with van der Waals surface area (Å²) in [6, 6.07) is 0.244. The smallest absolute Gasteiger partial charge is 0.0923 e. The lowest BCUT2D eigenvalue weighted by Crippen LogP contribution is -2.23. The lowest BCUT2D eigenvalue weighted by Gasteiger charge is -2.23. The van der Waals surface area contributed by atoms with Crippen molar-refractivity contribution in [2.75, 3.05) is 0 Å². The number of imidazole rings is 1. The van der Waals surface area contributed by atoms with E-state index < -0.39 is 0 Å². The van der Waals surface area contributed by atoms with Crippen LogP contribution in [0.3, 0.4) is 0 Å². The summed E-state index contributed by atoms with van der Waals surface area (Å²) < 4.78 is 0. The van der Waals surface area contributed by atoms with Crippen molar-refractivity contribution in [2.45, 2.75) is 63.8 Å². The monoisotopic (exact) mass is 287 g/mol. The predicted octanol–water partition coefficient (Wildman–Crippen LogP) is 3.83. The van der Waals surface area contributed by atoms with Crippen molar-refractivity contribution < 1.29 is 0 Å². The summed E-state index contributed by atoms with van der Waals surface area (Å²) in [7, 11) is 0. The molecule has 1 heterocycles. The van der Waals surface area contributed by atoms with Gasteiger partial charge >= 0.3 is 0 Å². The Kier molecular flexibility index (Phi) is 5.13. The zero-order valence-electron chi connectivity index (χ0n) is 13.0. The van der Waals surface area contributed by atoms with Crippen molar-refractivity contribution in [3.05, 3.63) is 30.4 Å². The fourth-order valence-corrected chi connectivity index (χ4v) is 3.73. The van der Waals surface area contributed by atoms with Gasteiger partial charge in [0.15, 0.2) is 0 Å². The highest BCUT2D eigenvalue weighted by atomic mass is 14.9. The fourth-order valence-electron chi connectivity index (χ4n) is 3.73. The first kappa shape index (κ1) is 14.8. The number of hydrogen-bond donors (Lipinski definition) is 2. The summed E-state index contributed by atoms with van der Waals surface area (Å²) in [5.74, 6) is 2.36. The average Bonchev–Trinajstić information content (AvgIpc) is 3.22.